The fourth-order valence-corrected chi connectivity index (χ4v) is 1.70. The molecule has 0 aliphatic rings. The van der Waals surface area contributed by atoms with Gasteiger partial charge in [-0.05, 0) is 44.5 Å². The molecule has 0 bridgehead atoms. The zero-order valence-electron chi connectivity index (χ0n) is 12.2. The molecule has 1 aromatic rings. The Kier molecular flexibility index (Phi) is 6.84. The number of methoxy groups -OCH3 is 1. The molecule has 4 nitrogen and oxygen atoms in total. The van der Waals surface area contributed by atoms with Crippen LogP contribution in [0.4, 0.5) is 0 Å². The molecule has 0 amide bonds. The second-order valence-corrected chi connectivity index (χ2v) is 5.32. The molecule has 4 heteroatoms. The van der Waals surface area contributed by atoms with Crippen LogP contribution in [0.5, 0.6) is 5.75 Å². The molecular weight excluding hydrogens is 240 g/mol. The number of hydrogen-bond donors (Lipinski definition) is 3. The monoisotopic (exact) mass is 266 g/mol. The summed E-state index contributed by atoms with van der Waals surface area (Å²) in [6.45, 7) is 6.84. The van der Waals surface area contributed by atoms with Gasteiger partial charge in [-0.2, -0.15) is 0 Å². The van der Waals surface area contributed by atoms with Gasteiger partial charge in [-0.1, -0.05) is 12.1 Å². The topological polar surface area (TPSA) is 53.5 Å². The average Bonchev–Trinajstić information content (AvgIpc) is 2.43. The van der Waals surface area contributed by atoms with Crippen LogP contribution in [0.3, 0.4) is 0 Å². The third-order valence-electron chi connectivity index (χ3n) is 3.05. The predicted molar refractivity (Wildman–Crippen MR) is 78.7 cm³/mol. The van der Waals surface area contributed by atoms with Crippen LogP contribution >= 0.6 is 0 Å². The van der Waals surface area contributed by atoms with Crippen molar-refractivity contribution in [2.45, 2.75) is 25.8 Å². The molecule has 0 radical (unpaired) electrons. The summed E-state index contributed by atoms with van der Waals surface area (Å²) in [5.74, 6) is 0.896. The quantitative estimate of drug-likeness (QED) is 0.588. The average molecular weight is 266 g/mol. The van der Waals surface area contributed by atoms with Gasteiger partial charge in [0, 0.05) is 18.6 Å². The van der Waals surface area contributed by atoms with Gasteiger partial charge in [0.25, 0.3) is 0 Å². The highest BCUT2D eigenvalue weighted by atomic mass is 16.5. The van der Waals surface area contributed by atoms with E-state index in [0.717, 1.165) is 31.8 Å². The first-order valence-electron chi connectivity index (χ1n) is 6.77. The van der Waals surface area contributed by atoms with Gasteiger partial charge >= 0.3 is 0 Å². The molecule has 0 unspecified atom stereocenters. The van der Waals surface area contributed by atoms with Crippen molar-refractivity contribution in [3.8, 4) is 5.75 Å². The van der Waals surface area contributed by atoms with Gasteiger partial charge in [-0.25, -0.2) is 0 Å². The van der Waals surface area contributed by atoms with Crippen molar-refractivity contribution in [3.63, 3.8) is 0 Å². The Hall–Kier alpha value is -1.10. The Bertz CT molecular complexity index is 350. The second-order valence-electron chi connectivity index (χ2n) is 5.32. The summed E-state index contributed by atoms with van der Waals surface area (Å²) in [7, 11) is 1.68. The van der Waals surface area contributed by atoms with E-state index in [0.29, 0.717) is 0 Å². The fraction of sp³-hybridized carbons (Fsp3) is 0.600. The molecule has 1 aromatic carbocycles. The van der Waals surface area contributed by atoms with Gasteiger partial charge < -0.3 is 20.5 Å². The largest absolute Gasteiger partial charge is 0.497 e. The van der Waals surface area contributed by atoms with Gasteiger partial charge in [0.05, 0.1) is 13.7 Å². The number of rotatable bonds is 9. The summed E-state index contributed by atoms with van der Waals surface area (Å²) in [5, 5.41) is 15.8. The van der Waals surface area contributed by atoms with Crippen LogP contribution in [0.25, 0.3) is 0 Å². The summed E-state index contributed by atoms with van der Waals surface area (Å²) < 4.78 is 5.12. The van der Waals surface area contributed by atoms with Crippen molar-refractivity contribution in [2.75, 3.05) is 33.4 Å². The molecule has 0 atom stereocenters. The lowest BCUT2D eigenvalue weighted by molar-refractivity contribution is 0.189. The third-order valence-corrected chi connectivity index (χ3v) is 3.05. The lowest BCUT2D eigenvalue weighted by Crippen LogP contribution is -2.45. The molecular formula is C15H26N2O2. The van der Waals surface area contributed by atoms with E-state index < -0.39 is 0 Å². The Balaban J connectivity index is 2.10. The third kappa shape index (κ3) is 6.57. The van der Waals surface area contributed by atoms with E-state index in [1.165, 1.54) is 5.56 Å². The van der Waals surface area contributed by atoms with Crippen molar-refractivity contribution >= 4 is 0 Å². The molecule has 0 saturated carbocycles. The highest BCUT2D eigenvalue weighted by Crippen LogP contribution is 2.11. The lowest BCUT2D eigenvalue weighted by atomic mass is 10.1. The first kappa shape index (κ1) is 16.0. The fourth-order valence-electron chi connectivity index (χ4n) is 1.70. The number of nitrogens with one attached hydrogen (secondary N) is 2. The van der Waals surface area contributed by atoms with Crippen LogP contribution in [-0.2, 0) is 6.42 Å². The molecule has 0 saturated heterocycles. The lowest BCUT2D eigenvalue weighted by Gasteiger charge is -2.23. The van der Waals surface area contributed by atoms with E-state index in [1.807, 2.05) is 26.0 Å². The number of aliphatic hydroxyl groups is 1. The molecule has 0 aromatic heterocycles. The van der Waals surface area contributed by atoms with Crippen LogP contribution in [0.2, 0.25) is 0 Å². The molecule has 1 rings (SSSR count). The van der Waals surface area contributed by atoms with Crippen molar-refractivity contribution < 1.29 is 9.84 Å². The van der Waals surface area contributed by atoms with E-state index >= 15 is 0 Å². The number of aliphatic hydroxyl groups excluding tert-OH is 1. The number of benzene rings is 1. The van der Waals surface area contributed by atoms with E-state index in [-0.39, 0.29) is 12.1 Å². The van der Waals surface area contributed by atoms with E-state index in [9.17, 15) is 0 Å². The number of hydrogen-bond acceptors (Lipinski definition) is 4. The minimum absolute atomic E-state index is 0.152. The van der Waals surface area contributed by atoms with Crippen LogP contribution in [0.1, 0.15) is 19.4 Å². The van der Waals surface area contributed by atoms with E-state index in [1.54, 1.807) is 7.11 Å². The second kappa shape index (κ2) is 8.15. The Morgan fingerprint density at radius 1 is 1.11 bits per heavy atom. The zero-order chi connectivity index (χ0) is 14.1. The van der Waals surface area contributed by atoms with Gasteiger partial charge in [-0.3, -0.25) is 0 Å². The van der Waals surface area contributed by atoms with Crippen molar-refractivity contribution in [3.05, 3.63) is 29.8 Å². The Morgan fingerprint density at radius 2 is 1.79 bits per heavy atom. The van der Waals surface area contributed by atoms with Crippen molar-refractivity contribution in [2.24, 2.45) is 0 Å². The minimum Gasteiger partial charge on any atom is -0.497 e. The minimum atomic E-state index is -0.197. The van der Waals surface area contributed by atoms with Crippen LogP contribution in [-0.4, -0.2) is 44.0 Å². The highest BCUT2D eigenvalue weighted by molar-refractivity contribution is 5.27. The van der Waals surface area contributed by atoms with Crippen LogP contribution in [0, 0.1) is 0 Å². The molecule has 0 spiro atoms. The summed E-state index contributed by atoms with van der Waals surface area (Å²) in [5.41, 5.74) is 1.11. The molecule has 0 heterocycles. The molecule has 0 fully saturated rings. The van der Waals surface area contributed by atoms with Crippen molar-refractivity contribution in [1.29, 1.82) is 0 Å². The number of ether oxygens (including phenoxy) is 1. The predicted octanol–water partition coefficient (Wildman–Crippen LogP) is 1.19. The maximum Gasteiger partial charge on any atom is 0.118 e. The molecule has 0 aliphatic heterocycles. The maximum atomic E-state index is 9.10. The Labute approximate surface area is 116 Å². The standard InChI is InChI=1S/C15H26N2O2/c1-15(2,12-18)17-11-10-16-9-8-13-4-6-14(19-3)7-5-13/h4-7,16-18H,8-12H2,1-3H3. The molecule has 108 valence electrons. The van der Waals surface area contributed by atoms with Crippen molar-refractivity contribution in [1.82, 2.24) is 10.6 Å². The van der Waals surface area contributed by atoms with Crippen LogP contribution in [0.15, 0.2) is 24.3 Å². The summed E-state index contributed by atoms with van der Waals surface area (Å²) in [6, 6.07) is 8.16. The summed E-state index contributed by atoms with van der Waals surface area (Å²) in [4.78, 5) is 0. The zero-order valence-corrected chi connectivity index (χ0v) is 12.2. The first-order chi connectivity index (χ1) is 9.07. The smallest absolute Gasteiger partial charge is 0.118 e. The van der Waals surface area contributed by atoms with Gasteiger partial charge in [0.1, 0.15) is 5.75 Å². The van der Waals surface area contributed by atoms with Crippen LogP contribution < -0.4 is 15.4 Å². The van der Waals surface area contributed by atoms with Gasteiger partial charge in [0.2, 0.25) is 0 Å². The maximum absolute atomic E-state index is 9.10. The summed E-state index contributed by atoms with van der Waals surface area (Å²) in [6.07, 6.45) is 1.01. The SMILES string of the molecule is COc1ccc(CCNCCNC(C)(C)CO)cc1. The normalized spacial score (nSPS) is 11.6. The highest BCUT2D eigenvalue weighted by Gasteiger charge is 2.13. The molecule has 3 N–H and O–H groups in total. The molecule has 19 heavy (non-hydrogen) atoms. The molecule has 0 aliphatic carbocycles. The van der Waals surface area contributed by atoms with Gasteiger partial charge in [0.15, 0.2) is 0 Å². The van der Waals surface area contributed by atoms with E-state index in [2.05, 4.69) is 22.8 Å². The summed E-state index contributed by atoms with van der Waals surface area (Å²) >= 11 is 0. The Morgan fingerprint density at radius 3 is 2.37 bits per heavy atom. The van der Waals surface area contributed by atoms with E-state index in [4.69, 9.17) is 9.84 Å². The van der Waals surface area contributed by atoms with Gasteiger partial charge in [-0.15, -0.1) is 0 Å². The first-order valence-corrected chi connectivity index (χ1v) is 6.77.